The van der Waals surface area contributed by atoms with E-state index in [0.29, 0.717) is 0 Å². The van der Waals surface area contributed by atoms with Crippen molar-refractivity contribution in [2.75, 3.05) is 40.4 Å². The van der Waals surface area contributed by atoms with Gasteiger partial charge in [0.1, 0.15) is 0 Å². The van der Waals surface area contributed by atoms with Crippen LogP contribution in [0, 0.1) is 5.92 Å². The Balaban J connectivity index is 2.36. The maximum atomic E-state index is 5.14. The molecule has 0 aromatic heterocycles. The molecule has 0 aromatic rings. The number of hydrogen-bond acceptors (Lipinski definition) is 3. The van der Waals surface area contributed by atoms with Gasteiger partial charge in [0.15, 0.2) is 0 Å². The highest BCUT2D eigenvalue weighted by atomic mass is 16.5. The summed E-state index contributed by atoms with van der Waals surface area (Å²) in [6.45, 7) is 7.77. The van der Waals surface area contributed by atoms with Crippen molar-refractivity contribution >= 4 is 0 Å². The Bertz CT molecular complexity index is 184. The molecular formula is C12H24N2O. The normalized spacial score (nSPS) is 25.3. The Hall–Kier alpha value is -0.380. The average Bonchev–Trinajstić information content (AvgIpc) is 2.21. The summed E-state index contributed by atoms with van der Waals surface area (Å²) in [5.41, 5.74) is 0. The third-order valence-electron chi connectivity index (χ3n) is 3.26. The van der Waals surface area contributed by atoms with Gasteiger partial charge in [-0.25, -0.2) is 0 Å². The third-order valence-corrected chi connectivity index (χ3v) is 3.26. The Morgan fingerprint density at radius 3 is 2.80 bits per heavy atom. The molecule has 0 bridgehead atoms. The first kappa shape index (κ1) is 12.7. The van der Waals surface area contributed by atoms with Crippen LogP contribution in [0.5, 0.6) is 0 Å². The van der Waals surface area contributed by atoms with E-state index in [1.54, 1.807) is 7.11 Å². The van der Waals surface area contributed by atoms with Gasteiger partial charge in [0.2, 0.25) is 0 Å². The second-order valence-corrected chi connectivity index (χ2v) is 4.24. The lowest BCUT2D eigenvalue weighted by Crippen LogP contribution is -2.51. The number of hydrogen-bond donors (Lipinski definition) is 1. The van der Waals surface area contributed by atoms with Crippen LogP contribution in [0.3, 0.4) is 0 Å². The summed E-state index contributed by atoms with van der Waals surface area (Å²) < 4.78 is 5.14. The molecule has 2 unspecified atom stereocenters. The first-order chi connectivity index (χ1) is 7.33. The zero-order chi connectivity index (χ0) is 11.1. The molecule has 0 heterocycles. The first-order valence-electron chi connectivity index (χ1n) is 5.82. The highest BCUT2D eigenvalue weighted by molar-refractivity contribution is 4.92. The maximum absolute atomic E-state index is 5.14. The number of nitrogens with one attached hydrogen (secondary N) is 1. The van der Waals surface area contributed by atoms with E-state index in [4.69, 9.17) is 4.74 Å². The summed E-state index contributed by atoms with van der Waals surface area (Å²) in [4.78, 5) is 2.49. The smallest absolute Gasteiger partial charge is 0.0589 e. The number of rotatable bonds is 8. The fourth-order valence-corrected chi connectivity index (χ4v) is 2.30. The third kappa shape index (κ3) is 3.59. The fourth-order valence-electron chi connectivity index (χ4n) is 2.30. The molecule has 1 rings (SSSR count). The molecule has 0 aromatic carbocycles. The van der Waals surface area contributed by atoms with Crippen LogP contribution in [0.1, 0.15) is 12.8 Å². The number of methoxy groups -OCH3 is 1. The molecule has 15 heavy (non-hydrogen) atoms. The number of nitrogens with zero attached hydrogens (tertiary/aromatic N) is 1. The van der Waals surface area contributed by atoms with E-state index in [2.05, 4.69) is 16.8 Å². The van der Waals surface area contributed by atoms with Crippen molar-refractivity contribution in [3.63, 3.8) is 0 Å². The summed E-state index contributed by atoms with van der Waals surface area (Å²) in [5, 5.41) is 3.27. The summed E-state index contributed by atoms with van der Waals surface area (Å²) in [7, 11) is 3.79. The van der Waals surface area contributed by atoms with Gasteiger partial charge in [-0.15, -0.1) is 6.58 Å². The predicted octanol–water partition coefficient (Wildman–Crippen LogP) is 1.12. The molecule has 0 saturated heterocycles. The maximum Gasteiger partial charge on any atom is 0.0589 e. The quantitative estimate of drug-likeness (QED) is 0.610. The minimum absolute atomic E-state index is 0.727. The molecule has 88 valence electrons. The van der Waals surface area contributed by atoms with Gasteiger partial charge >= 0.3 is 0 Å². The lowest BCUT2D eigenvalue weighted by molar-refractivity contribution is 0.0493. The predicted molar refractivity (Wildman–Crippen MR) is 64.1 cm³/mol. The van der Waals surface area contributed by atoms with Crippen molar-refractivity contribution < 1.29 is 4.74 Å². The summed E-state index contributed by atoms with van der Waals surface area (Å²) in [5.74, 6) is 0.812. The van der Waals surface area contributed by atoms with Crippen LogP contribution in [0.2, 0.25) is 0 Å². The standard InChI is InChI=1S/C12H24N2O/c1-4-7-14(8-9-15-3)12-6-5-11(12)10-13-2/h4,11-13H,1,5-10H2,2-3H3. The van der Waals surface area contributed by atoms with E-state index in [-0.39, 0.29) is 0 Å². The lowest BCUT2D eigenvalue weighted by Gasteiger charge is -2.44. The van der Waals surface area contributed by atoms with Crippen molar-refractivity contribution in [3.05, 3.63) is 12.7 Å². The SMILES string of the molecule is C=CCN(CCOC)C1CCC1CNC. The molecule has 1 N–H and O–H groups in total. The Morgan fingerprint density at radius 1 is 1.53 bits per heavy atom. The minimum atomic E-state index is 0.727. The molecule has 1 saturated carbocycles. The van der Waals surface area contributed by atoms with Crippen LogP contribution in [0.25, 0.3) is 0 Å². The van der Waals surface area contributed by atoms with Crippen LogP contribution >= 0.6 is 0 Å². The van der Waals surface area contributed by atoms with Crippen molar-refractivity contribution in [3.8, 4) is 0 Å². The molecule has 0 aliphatic heterocycles. The molecule has 0 amide bonds. The topological polar surface area (TPSA) is 24.5 Å². The first-order valence-corrected chi connectivity index (χ1v) is 5.82. The van der Waals surface area contributed by atoms with Crippen LogP contribution in [0.4, 0.5) is 0 Å². The molecule has 1 aliphatic rings. The van der Waals surface area contributed by atoms with E-state index >= 15 is 0 Å². The molecule has 1 aliphatic carbocycles. The Morgan fingerprint density at radius 2 is 2.33 bits per heavy atom. The molecule has 0 spiro atoms. The van der Waals surface area contributed by atoms with Crippen LogP contribution in [0.15, 0.2) is 12.7 Å². The largest absolute Gasteiger partial charge is 0.383 e. The van der Waals surface area contributed by atoms with E-state index in [1.807, 2.05) is 13.1 Å². The average molecular weight is 212 g/mol. The van der Waals surface area contributed by atoms with Gasteiger partial charge in [-0.1, -0.05) is 6.08 Å². The van der Waals surface area contributed by atoms with Gasteiger partial charge in [-0.2, -0.15) is 0 Å². The second-order valence-electron chi connectivity index (χ2n) is 4.24. The van der Waals surface area contributed by atoms with Gasteiger partial charge in [0.05, 0.1) is 6.61 Å². The zero-order valence-corrected chi connectivity index (χ0v) is 10.0. The number of ether oxygens (including phenoxy) is 1. The fraction of sp³-hybridized carbons (Fsp3) is 0.833. The lowest BCUT2D eigenvalue weighted by atomic mass is 9.78. The molecule has 3 heteroatoms. The molecule has 0 radical (unpaired) electrons. The van der Waals surface area contributed by atoms with Crippen LogP contribution in [-0.4, -0.2) is 51.3 Å². The van der Waals surface area contributed by atoms with E-state index in [9.17, 15) is 0 Å². The molecular weight excluding hydrogens is 188 g/mol. The van der Waals surface area contributed by atoms with Gasteiger partial charge in [0.25, 0.3) is 0 Å². The van der Waals surface area contributed by atoms with Gasteiger partial charge < -0.3 is 10.1 Å². The monoisotopic (exact) mass is 212 g/mol. The summed E-state index contributed by atoms with van der Waals surface area (Å²) in [6, 6.07) is 0.727. The molecule has 3 nitrogen and oxygen atoms in total. The van der Waals surface area contributed by atoms with E-state index in [1.165, 1.54) is 12.8 Å². The molecule has 1 fully saturated rings. The highest BCUT2D eigenvalue weighted by Crippen LogP contribution is 2.31. The van der Waals surface area contributed by atoms with E-state index < -0.39 is 0 Å². The summed E-state index contributed by atoms with van der Waals surface area (Å²) >= 11 is 0. The van der Waals surface area contributed by atoms with Crippen molar-refractivity contribution in [1.29, 1.82) is 0 Å². The van der Waals surface area contributed by atoms with Crippen molar-refractivity contribution in [2.24, 2.45) is 5.92 Å². The minimum Gasteiger partial charge on any atom is -0.383 e. The van der Waals surface area contributed by atoms with E-state index in [0.717, 1.165) is 38.2 Å². The highest BCUT2D eigenvalue weighted by Gasteiger charge is 2.33. The van der Waals surface area contributed by atoms with Crippen LogP contribution < -0.4 is 5.32 Å². The Labute approximate surface area is 93.5 Å². The van der Waals surface area contributed by atoms with Crippen molar-refractivity contribution in [2.45, 2.75) is 18.9 Å². The van der Waals surface area contributed by atoms with Gasteiger partial charge in [-0.3, -0.25) is 4.90 Å². The summed E-state index contributed by atoms with van der Waals surface area (Å²) in [6.07, 6.45) is 4.67. The van der Waals surface area contributed by atoms with Crippen molar-refractivity contribution in [1.82, 2.24) is 10.2 Å². The molecule has 2 atom stereocenters. The van der Waals surface area contributed by atoms with Gasteiger partial charge in [0, 0.05) is 26.2 Å². The van der Waals surface area contributed by atoms with Gasteiger partial charge in [-0.05, 0) is 32.4 Å². The zero-order valence-electron chi connectivity index (χ0n) is 10.0. The van der Waals surface area contributed by atoms with Crippen LogP contribution in [-0.2, 0) is 4.74 Å². The second kappa shape index (κ2) is 6.99. The Kier molecular flexibility index (Phi) is 5.91.